The van der Waals surface area contributed by atoms with Gasteiger partial charge < -0.3 is 10.1 Å². The number of nitrogens with two attached hydrogens (primary N) is 1. The maximum absolute atomic E-state index is 5.24. The Morgan fingerprint density at radius 3 is 2.82 bits per heavy atom. The Labute approximate surface area is 101 Å². The molecule has 2 aromatic heterocycles. The van der Waals surface area contributed by atoms with Gasteiger partial charge in [0.2, 0.25) is 11.9 Å². The van der Waals surface area contributed by atoms with E-state index in [1.165, 1.54) is 7.11 Å². The summed E-state index contributed by atoms with van der Waals surface area (Å²) in [6.07, 6.45) is 1.74. The number of rotatable bonds is 5. The van der Waals surface area contributed by atoms with E-state index in [2.05, 4.69) is 30.7 Å². The number of nitrogens with one attached hydrogen (secondary N) is 2. The highest BCUT2D eigenvalue weighted by Gasteiger charge is 2.05. The Morgan fingerprint density at radius 1 is 1.35 bits per heavy atom. The number of hydrogen-bond donors (Lipinski definition) is 3. The molecule has 2 aromatic rings. The second-order valence-electron chi connectivity index (χ2n) is 2.89. The molecule has 0 unspecified atom stereocenters. The lowest BCUT2D eigenvalue weighted by Gasteiger charge is -2.06. The van der Waals surface area contributed by atoms with Crippen LogP contribution in [0.15, 0.2) is 11.6 Å². The van der Waals surface area contributed by atoms with Gasteiger partial charge in [-0.15, -0.1) is 11.3 Å². The average molecular weight is 253 g/mol. The van der Waals surface area contributed by atoms with Crippen LogP contribution in [0.4, 0.5) is 11.9 Å². The maximum atomic E-state index is 5.24. The summed E-state index contributed by atoms with van der Waals surface area (Å²) in [6.45, 7) is 0.537. The Bertz CT molecular complexity index is 452. The average Bonchev–Trinajstić information content (AvgIpc) is 2.89. The fourth-order valence-electron chi connectivity index (χ4n) is 1.09. The molecule has 0 saturated carbocycles. The van der Waals surface area contributed by atoms with Crippen LogP contribution in [0.3, 0.4) is 0 Å². The summed E-state index contributed by atoms with van der Waals surface area (Å²) in [5.74, 6) is 5.85. The van der Waals surface area contributed by atoms with Crippen molar-refractivity contribution in [1.82, 2.24) is 19.9 Å². The number of aromatic nitrogens is 4. The second-order valence-corrected chi connectivity index (χ2v) is 3.87. The van der Waals surface area contributed by atoms with Crippen molar-refractivity contribution in [1.29, 1.82) is 0 Å². The van der Waals surface area contributed by atoms with Gasteiger partial charge in [0.25, 0.3) is 0 Å². The number of hydrazine groups is 1. The van der Waals surface area contributed by atoms with Crippen LogP contribution in [-0.4, -0.2) is 27.0 Å². The van der Waals surface area contributed by atoms with Gasteiger partial charge in [0.15, 0.2) is 0 Å². The molecule has 2 rings (SSSR count). The third-order valence-electron chi connectivity index (χ3n) is 1.81. The molecule has 90 valence electrons. The first-order chi connectivity index (χ1) is 8.31. The van der Waals surface area contributed by atoms with E-state index < -0.39 is 0 Å². The van der Waals surface area contributed by atoms with Crippen molar-refractivity contribution >= 4 is 23.2 Å². The minimum absolute atomic E-state index is 0.189. The third-order valence-corrected chi connectivity index (χ3v) is 2.59. The molecule has 0 aliphatic carbocycles. The highest BCUT2D eigenvalue weighted by molar-refractivity contribution is 7.09. The van der Waals surface area contributed by atoms with Crippen molar-refractivity contribution in [3.63, 3.8) is 0 Å². The van der Waals surface area contributed by atoms with Gasteiger partial charge in [0, 0.05) is 11.6 Å². The molecular weight excluding hydrogens is 242 g/mol. The molecule has 9 heteroatoms. The summed E-state index contributed by atoms with van der Waals surface area (Å²) in [6, 6.07) is 0.189. The monoisotopic (exact) mass is 253 g/mol. The molecule has 8 nitrogen and oxygen atoms in total. The van der Waals surface area contributed by atoms with Crippen molar-refractivity contribution in [2.75, 3.05) is 17.9 Å². The molecule has 2 heterocycles. The van der Waals surface area contributed by atoms with Crippen LogP contribution in [0, 0.1) is 0 Å². The zero-order chi connectivity index (χ0) is 12.1. The quantitative estimate of drug-likeness (QED) is 0.513. The number of ether oxygens (including phenoxy) is 1. The van der Waals surface area contributed by atoms with E-state index in [0.717, 1.165) is 5.01 Å². The smallest absolute Gasteiger partial charge is 0.322 e. The molecule has 4 N–H and O–H groups in total. The fourth-order valence-corrected chi connectivity index (χ4v) is 1.64. The van der Waals surface area contributed by atoms with Crippen LogP contribution in [0.2, 0.25) is 0 Å². The minimum Gasteiger partial charge on any atom is -0.467 e. The zero-order valence-electron chi connectivity index (χ0n) is 9.04. The highest BCUT2D eigenvalue weighted by Crippen LogP contribution is 2.11. The van der Waals surface area contributed by atoms with E-state index >= 15 is 0 Å². The number of nitrogens with zero attached hydrogens (tertiary/aromatic N) is 4. The number of anilines is 2. The molecule has 0 aliphatic rings. The van der Waals surface area contributed by atoms with Crippen molar-refractivity contribution in [3.05, 3.63) is 16.6 Å². The second kappa shape index (κ2) is 5.37. The third kappa shape index (κ3) is 2.98. The largest absolute Gasteiger partial charge is 0.467 e. The van der Waals surface area contributed by atoms with Gasteiger partial charge in [-0.05, 0) is 0 Å². The van der Waals surface area contributed by atoms with Crippen molar-refractivity contribution in [2.24, 2.45) is 5.84 Å². The number of thiazole rings is 1. The molecule has 0 spiro atoms. The minimum atomic E-state index is 0.189. The van der Waals surface area contributed by atoms with Crippen LogP contribution in [0.25, 0.3) is 0 Å². The molecule has 0 fully saturated rings. The molecule has 0 radical (unpaired) electrons. The Kier molecular flexibility index (Phi) is 3.62. The molecule has 17 heavy (non-hydrogen) atoms. The van der Waals surface area contributed by atoms with Crippen molar-refractivity contribution < 1.29 is 4.74 Å². The molecule has 0 bridgehead atoms. The van der Waals surface area contributed by atoms with E-state index in [1.54, 1.807) is 17.5 Å². The summed E-state index contributed by atoms with van der Waals surface area (Å²) < 4.78 is 4.92. The van der Waals surface area contributed by atoms with Gasteiger partial charge in [0.1, 0.15) is 5.01 Å². The molecule has 0 amide bonds. The molecule has 0 saturated heterocycles. The summed E-state index contributed by atoms with van der Waals surface area (Å²) in [7, 11) is 1.47. The summed E-state index contributed by atoms with van der Waals surface area (Å²) in [4.78, 5) is 16.1. The van der Waals surface area contributed by atoms with Gasteiger partial charge in [-0.2, -0.15) is 15.0 Å². The molecule has 0 aromatic carbocycles. The lowest BCUT2D eigenvalue weighted by molar-refractivity contribution is 0.379. The summed E-state index contributed by atoms with van der Waals surface area (Å²) in [5.41, 5.74) is 2.34. The maximum Gasteiger partial charge on any atom is 0.322 e. The van der Waals surface area contributed by atoms with Crippen LogP contribution >= 0.6 is 11.3 Å². The molecule has 0 aliphatic heterocycles. The van der Waals surface area contributed by atoms with Gasteiger partial charge in [0.05, 0.1) is 13.7 Å². The summed E-state index contributed by atoms with van der Waals surface area (Å²) >= 11 is 1.55. The first-order valence-corrected chi connectivity index (χ1v) is 5.58. The topological polar surface area (TPSA) is 111 Å². The van der Waals surface area contributed by atoms with Crippen LogP contribution in [0.5, 0.6) is 6.01 Å². The lowest BCUT2D eigenvalue weighted by Crippen LogP contribution is -2.14. The fraction of sp³-hybridized carbons (Fsp3) is 0.250. The number of nitrogen functional groups attached to an aromatic ring is 1. The Balaban J connectivity index is 2.09. The van der Waals surface area contributed by atoms with Crippen LogP contribution in [-0.2, 0) is 6.54 Å². The lowest BCUT2D eigenvalue weighted by atomic mass is 10.6. The zero-order valence-corrected chi connectivity index (χ0v) is 9.86. The predicted octanol–water partition coefficient (Wildman–Crippen LogP) is 0.234. The van der Waals surface area contributed by atoms with Crippen molar-refractivity contribution in [3.8, 4) is 6.01 Å². The van der Waals surface area contributed by atoms with E-state index in [-0.39, 0.29) is 12.0 Å². The van der Waals surface area contributed by atoms with Crippen LogP contribution < -0.4 is 21.3 Å². The highest BCUT2D eigenvalue weighted by atomic mass is 32.1. The Morgan fingerprint density at radius 2 is 2.18 bits per heavy atom. The molecular formula is C8H11N7OS. The first kappa shape index (κ1) is 11.5. The van der Waals surface area contributed by atoms with Gasteiger partial charge in [-0.3, -0.25) is 5.43 Å². The van der Waals surface area contributed by atoms with Gasteiger partial charge in [-0.1, -0.05) is 0 Å². The van der Waals surface area contributed by atoms with Gasteiger partial charge in [-0.25, -0.2) is 10.8 Å². The Hall–Kier alpha value is -2.00. The van der Waals surface area contributed by atoms with E-state index in [0.29, 0.717) is 12.5 Å². The van der Waals surface area contributed by atoms with E-state index in [1.807, 2.05) is 5.38 Å². The predicted molar refractivity (Wildman–Crippen MR) is 63.6 cm³/mol. The first-order valence-electron chi connectivity index (χ1n) is 4.70. The SMILES string of the molecule is COc1nc(NN)nc(NCc2nccs2)n1. The normalized spacial score (nSPS) is 10.0. The van der Waals surface area contributed by atoms with E-state index in [4.69, 9.17) is 10.6 Å². The standard InChI is InChI=1S/C8H11N7OS/c1-16-8-13-6(12-7(14-8)15-9)11-4-5-10-2-3-17-5/h2-3H,4,9H2,1H3,(H2,11,12,13,14,15). The van der Waals surface area contributed by atoms with Crippen molar-refractivity contribution in [2.45, 2.75) is 6.54 Å². The molecule has 0 atom stereocenters. The van der Waals surface area contributed by atoms with Crippen LogP contribution in [0.1, 0.15) is 5.01 Å². The van der Waals surface area contributed by atoms with E-state index in [9.17, 15) is 0 Å². The number of methoxy groups -OCH3 is 1. The summed E-state index contributed by atoms with van der Waals surface area (Å²) in [5, 5.41) is 5.84. The number of hydrogen-bond acceptors (Lipinski definition) is 9. The van der Waals surface area contributed by atoms with Gasteiger partial charge >= 0.3 is 6.01 Å².